The van der Waals surface area contributed by atoms with Crippen LogP contribution in [0, 0.1) is 5.82 Å². The number of nitrogens with zero attached hydrogens (tertiary/aromatic N) is 2. The summed E-state index contributed by atoms with van der Waals surface area (Å²) in [5.74, 6) is 0.177. The molecule has 0 bridgehead atoms. The summed E-state index contributed by atoms with van der Waals surface area (Å²) in [5, 5.41) is 0.379. The molecule has 0 atom stereocenters. The number of benzene rings is 3. The van der Waals surface area contributed by atoms with E-state index in [2.05, 4.69) is 4.98 Å². The Bertz CT molecular complexity index is 1190. The van der Waals surface area contributed by atoms with E-state index in [9.17, 15) is 12.8 Å². The summed E-state index contributed by atoms with van der Waals surface area (Å²) in [6.45, 7) is 0. The highest BCUT2D eigenvalue weighted by molar-refractivity contribution is 7.99. The molecule has 1 aromatic heterocycles. The van der Waals surface area contributed by atoms with Gasteiger partial charge in [-0.1, -0.05) is 54.2 Å². The van der Waals surface area contributed by atoms with Crippen LogP contribution in [0.4, 0.5) is 4.39 Å². The molecule has 0 saturated heterocycles. The van der Waals surface area contributed by atoms with Crippen LogP contribution >= 0.6 is 11.8 Å². The Morgan fingerprint density at radius 2 is 1.56 bits per heavy atom. The molecule has 136 valence electrons. The minimum absolute atomic E-state index is 0.205. The van der Waals surface area contributed by atoms with Gasteiger partial charge in [-0.2, -0.15) is 0 Å². The summed E-state index contributed by atoms with van der Waals surface area (Å²) in [5.41, 5.74) is 2.03. The van der Waals surface area contributed by atoms with E-state index < -0.39 is 10.0 Å². The first-order chi connectivity index (χ1) is 13.1. The summed E-state index contributed by atoms with van der Waals surface area (Å²) < 4.78 is 40.9. The van der Waals surface area contributed by atoms with Crippen LogP contribution in [0.3, 0.4) is 0 Å². The van der Waals surface area contributed by atoms with Crippen molar-refractivity contribution in [3.8, 4) is 0 Å². The zero-order valence-corrected chi connectivity index (χ0v) is 15.8. The van der Waals surface area contributed by atoms with Crippen LogP contribution in [0.25, 0.3) is 11.0 Å². The number of fused-ring (bicyclic) bond motifs is 1. The molecule has 0 fully saturated rings. The first kappa shape index (κ1) is 17.8. The largest absolute Gasteiger partial charge is 0.270 e. The normalized spacial score (nSPS) is 11.7. The van der Waals surface area contributed by atoms with E-state index in [0.717, 1.165) is 5.56 Å². The van der Waals surface area contributed by atoms with Crippen molar-refractivity contribution in [3.05, 3.63) is 90.2 Å². The molecule has 0 aliphatic heterocycles. The van der Waals surface area contributed by atoms with Crippen molar-refractivity contribution < 1.29 is 12.8 Å². The van der Waals surface area contributed by atoms with E-state index in [1.54, 1.807) is 60.7 Å². The maximum atomic E-state index is 13.2. The molecule has 0 unspecified atom stereocenters. The van der Waals surface area contributed by atoms with E-state index in [0.29, 0.717) is 21.9 Å². The number of aromatic nitrogens is 2. The Labute approximate surface area is 160 Å². The number of rotatable bonds is 5. The average Bonchev–Trinajstić information content (AvgIpc) is 3.07. The van der Waals surface area contributed by atoms with Crippen molar-refractivity contribution in [1.29, 1.82) is 0 Å². The van der Waals surface area contributed by atoms with Gasteiger partial charge in [-0.3, -0.25) is 0 Å². The number of para-hydroxylation sites is 2. The van der Waals surface area contributed by atoms with Crippen molar-refractivity contribution in [3.63, 3.8) is 0 Å². The molecule has 0 N–H and O–H groups in total. The standard InChI is InChI=1S/C20H15FN2O2S2/c21-16-12-10-15(11-13-16)14-26-20-22-18-8-4-5-9-19(18)23(20)27(24,25)17-6-2-1-3-7-17/h1-13H,14H2. The number of imidazole rings is 1. The van der Waals surface area contributed by atoms with Crippen molar-refractivity contribution in [2.75, 3.05) is 0 Å². The highest BCUT2D eigenvalue weighted by Gasteiger charge is 2.24. The number of halogens is 1. The molecule has 7 heteroatoms. The third-order valence-electron chi connectivity index (χ3n) is 4.05. The van der Waals surface area contributed by atoms with Gasteiger partial charge in [-0.25, -0.2) is 21.8 Å². The maximum Gasteiger partial charge on any atom is 0.270 e. The van der Waals surface area contributed by atoms with Crippen LogP contribution in [0.2, 0.25) is 0 Å². The van der Waals surface area contributed by atoms with Gasteiger partial charge in [0.2, 0.25) is 0 Å². The molecule has 0 spiro atoms. The quantitative estimate of drug-likeness (QED) is 0.457. The molecule has 0 saturated carbocycles. The van der Waals surface area contributed by atoms with Crippen LogP contribution in [0.1, 0.15) is 5.56 Å². The van der Waals surface area contributed by atoms with E-state index in [1.165, 1.54) is 27.9 Å². The lowest BCUT2D eigenvalue weighted by atomic mass is 10.2. The fourth-order valence-corrected chi connectivity index (χ4v) is 5.42. The van der Waals surface area contributed by atoms with Gasteiger partial charge in [0.25, 0.3) is 10.0 Å². The fraction of sp³-hybridized carbons (Fsp3) is 0.0500. The minimum Gasteiger partial charge on any atom is -0.222 e. The molecular formula is C20H15FN2O2S2. The third-order valence-corrected chi connectivity index (χ3v) is 6.90. The van der Waals surface area contributed by atoms with E-state index >= 15 is 0 Å². The molecule has 1 heterocycles. The average molecular weight is 398 g/mol. The van der Waals surface area contributed by atoms with E-state index in [-0.39, 0.29) is 10.7 Å². The Hall–Kier alpha value is -2.64. The summed E-state index contributed by atoms with van der Waals surface area (Å²) in [6.07, 6.45) is 0. The maximum absolute atomic E-state index is 13.2. The van der Waals surface area contributed by atoms with Gasteiger partial charge in [0.05, 0.1) is 15.9 Å². The molecule has 4 nitrogen and oxygen atoms in total. The Balaban J connectivity index is 1.79. The van der Waals surface area contributed by atoms with Crippen molar-refractivity contribution >= 4 is 32.8 Å². The summed E-state index contributed by atoms with van der Waals surface area (Å²) in [7, 11) is -3.79. The lowest BCUT2D eigenvalue weighted by Crippen LogP contribution is -2.14. The van der Waals surface area contributed by atoms with Gasteiger partial charge < -0.3 is 0 Å². The first-order valence-electron chi connectivity index (χ1n) is 8.21. The zero-order valence-electron chi connectivity index (χ0n) is 14.1. The monoisotopic (exact) mass is 398 g/mol. The molecule has 0 aliphatic carbocycles. The number of hydrogen-bond donors (Lipinski definition) is 0. The lowest BCUT2D eigenvalue weighted by Gasteiger charge is -2.10. The molecule has 4 aromatic rings. The van der Waals surface area contributed by atoms with Gasteiger partial charge in [0, 0.05) is 5.75 Å². The van der Waals surface area contributed by atoms with Crippen LogP contribution in [-0.4, -0.2) is 17.4 Å². The Morgan fingerprint density at radius 3 is 2.30 bits per heavy atom. The molecule has 0 aliphatic rings. The van der Waals surface area contributed by atoms with E-state index in [4.69, 9.17) is 0 Å². The predicted molar refractivity (Wildman–Crippen MR) is 105 cm³/mol. The number of hydrogen-bond acceptors (Lipinski definition) is 4. The smallest absolute Gasteiger partial charge is 0.222 e. The van der Waals surface area contributed by atoms with Crippen LogP contribution < -0.4 is 0 Å². The number of thioether (sulfide) groups is 1. The van der Waals surface area contributed by atoms with Crippen molar-refractivity contribution in [1.82, 2.24) is 8.96 Å². The topological polar surface area (TPSA) is 52.0 Å². The van der Waals surface area contributed by atoms with Crippen LogP contribution in [-0.2, 0) is 15.8 Å². The SMILES string of the molecule is O=S(=O)(c1ccccc1)n1c(SCc2ccc(F)cc2)nc2ccccc21. The van der Waals surface area contributed by atoms with E-state index in [1.807, 2.05) is 6.07 Å². The zero-order chi connectivity index (χ0) is 18.9. The second-order valence-electron chi connectivity index (χ2n) is 5.88. The van der Waals surface area contributed by atoms with Gasteiger partial charge in [0.1, 0.15) is 5.82 Å². The van der Waals surface area contributed by atoms with Crippen molar-refractivity contribution in [2.45, 2.75) is 15.8 Å². The van der Waals surface area contributed by atoms with Gasteiger partial charge in [-0.15, -0.1) is 0 Å². The first-order valence-corrected chi connectivity index (χ1v) is 10.6. The summed E-state index contributed by atoms with van der Waals surface area (Å²) >= 11 is 1.30. The lowest BCUT2D eigenvalue weighted by molar-refractivity contribution is 0.584. The second-order valence-corrected chi connectivity index (χ2v) is 8.61. The van der Waals surface area contributed by atoms with Gasteiger partial charge in [0.15, 0.2) is 5.16 Å². The minimum atomic E-state index is -3.79. The second kappa shape index (κ2) is 7.17. The molecular weight excluding hydrogens is 383 g/mol. The molecule has 0 radical (unpaired) electrons. The van der Waals surface area contributed by atoms with Crippen molar-refractivity contribution in [2.24, 2.45) is 0 Å². The highest BCUT2D eigenvalue weighted by Crippen LogP contribution is 2.30. The Kier molecular flexibility index (Phi) is 4.72. The Morgan fingerprint density at radius 1 is 0.889 bits per heavy atom. The van der Waals surface area contributed by atoms with Crippen LogP contribution in [0.15, 0.2) is 88.9 Å². The molecule has 4 rings (SSSR count). The van der Waals surface area contributed by atoms with Crippen LogP contribution in [0.5, 0.6) is 0 Å². The van der Waals surface area contributed by atoms with Gasteiger partial charge in [-0.05, 0) is 42.0 Å². The molecule has 27 heavy (non-hydrogen) atoms. The molecule has 0 amide bonds. The fourth-order valence-electron chi connectivity index (χ4n) is 2.73. The summed E-state index contributed by atoms with van der Waals surface area (Å²) in [4.78, 5) is 4.72. The van der Waals surface area contributed by atoms with Gasteiger partial charge >= 0.3 is 0 Å². The molecule has 3 aromatic carbocycles. The predicted octanol–water partition coefficient (Wildman–Crippen LogP) is 4.70. The summed E-state index contributed by atoms with van der Waals surface area (Å²) in [6, 6.07) is 21.6. The highest BCUT2D eigenvalue weighted by atomic mass is 32.2. The third kappa shape index (κ3) is 3.48.